The normalized spacial score (nSPS) is 11.3. The van der Waals surface area contributed by atoms with E-state index >= 15 is 0 Å². The maximum absolute atomic E-state index is 8.67. The van der Waals surface area contributed by atoms with Crippen LogP contribution in [0, 0.1) is 0 Å². The molecule has 3 nitrogen and oxygen atoms in total. The molecule has 0 saturated carbocycles. The van der Waals surface area contributed by atoms with Gasteiger partial charge in [0.2, 0.25) is 0 Å². The van der Waals surface area contributed by atoms with E-state index in [2.05, 4.69) is 5.16 Å². The standard InChI is InChI=1S/C15H15NO2/c1-12(16-17)14-7-9-15(10-8-14)18-11-13-5-3-2-4-6-13/h2-10,17H,11H2,1H3/b16-12-. The summed E-state index contributed by atoms with van der Waals surface area (Å²) in [5.74, 6) is 0.799. The molecular formula is C15H15NO2. The van der Waals surface area contributed by atoms with E-state index in [-0.39, 0.29) is 0 Å². The Kier molecular flexibility index (Phi) is 3.97. The SMILES string of the molecule is C/C(=N/O)c1ccc(OCc2ccccc2)cc1. The van der Waals surface area contributed by atoms with Gasteiger partial charge in [0, 0.05) is 0 Å². The fourth-order valence-electron chi connectivity index (χ4n) is 1.59. The van der Waals surface area contributed by atoms with Gasteiger partial charge in [0.25, 0.3) is 0 Å². The molecule has 0 saturated heterocycles. The molecule has 0 aromatic heterocycles. The quantitative estimate of drug-likeness (QED) is 0.506. The Bertz CT molecular complexity index is 518. The molecule has 3 heteroatoms. The Morgan fingerprint density at radius 1 is 1.06 bits per heavy atom. The highest BCUT2D eigenvalue weighted by molar-refractivity contribution is 5.98. The van der Waals surface area contributed by atoms with Crippen molar-refractivity contribution in [3.05, 3.63) is 65.7 Å². The van der Waals surface area contributed by atoms with E-state index in [0.29, 0.717) is 12.3 Å². The maximum atomic E-state index is 8.67. The number of ether oxygens (including phenoxy) is 1. The summed E-state index contributed by atoms with van der Waals surface area (Å²) in [5, 5.41) is 11.8. The zero-order valence-electron chi connectivity index (χ0n) is 10.2. The van der Waals surface area contributed by atoms with Crippen LogP contribution >= 0.6 is 0 Å². The van der Waals surface area contributed by atoms with Crippen LogP contribution in [0.4, 0.5) is 0 Å². The van der Waals surface area contributed by atoms with Gasteiger partial charge in [0.1, 0.15) is 12.4 Å². The largest absolute Gasteiger partial charge is 0.489 e. The molecule has 0 atom stereocenters. The summed E-state index contributed by atoms with van der Waals surface area (Å²) in [6, 6.07) is 17.5. The van der Waals surface area contributed by atoms with E-state index < -0.39 is 0 Å². The van der Waals surface area contributed by atoms with Crippen LogP contribution in [0.25, 0.3) is 0 Å². The third kappa shape index (κ3) is 3.10. The van der Waals surface area contributed by atoms with Gasteiger partial charge in [-0.25, -0.2) is 0 Å². The monoisotopic (exact) mass is 241 g/mol. The second kappa shape index (κ2) is 5.87. The van der Waals surface area contributed by atoms with Gasteiger partial charge in [0.15, 0.2) is 0 Å². The lowest BCUT2D eigenvalue weighted by Crippen LogP contribution is -1.97. The molecule has 0 aliphatic carbocycles. The van der Waals surface area contributed by atoms with Crippen LogP contribution in [0.5, 0.6) is 5.75 Å². The third-order valence-electron chi connectivity index (χ3n) is 2.67. The summed E-state index contributed by atoms with van der Waals surface area (Å²) in [5.41, 5.74) is 2.60. The van der Waals surface area contributed by atoms with Crippen LogP contribution in [-0.4, -0.2) is 10.9 Å². The van der Waals surface area contributed by atoms with Gasteiger partial charge >= 0.3 is 0 Å². The summed E-state index contributed by atoms with van der Waals surface area (Å²) in [4.78, 5) is 0. The second-order valence-corrected chi connectivity index (χ2v) is 3.98. The van der Waals surface area contributed by atoms with E-state index in [9.17, 15) is 0 Å². The van der Waals surface area contributed by atoms with E-state index in [1.807, 2.05) is 54.6 Å². The van der Waals surface area contributed by atoms with Crippen molar-refractivity contribution in [3.63, 3.8) is 0 Å². The molecule has 0 heterocycles. The minimum Gasteiger partial charge on any atom is -0.489 e. The first-order valence-electron chi connectivity index (χ1n) is 5.75. The summed E-state index contributed by atoms with van der Waals surface area (Å²) < 4.78 is 5.66. The molecule has 18 heavy (non-hydrogen) atoms. The molecular weight excluding hydrogens is 226 g/mol. The average Bonchev–Trinajstić information content (AvgIpc) is 2.46. The van der Waals surface area contributed by atoms with E-state index in [1.165, 1.54) is 0 Å². The topological polar surface area (TPSA) is 41.8 Å². The van der Waals surface area contributed by atoms with Crippen molar-refractivity contribution in [1.82, 2.24) is 0 Å². The zero-order chi connectivity index (χ0) is 12.8. The van der Waals surface area contributed by atoms with Gasteiger partial charge in [-0.2, -0.15) is 0 Å². The lowest BCUT2D eigenvalue weighted by atomic mass is 10.1. The highest BCUT2D eigenvalue weighted by atomic mass is 16.5. The van der Waals surface area contributed by atoms with Gasteiger partial charge < -0.3 is 9.94 Å². The van der Waals surface area contributed by atoms with Crippen LogP contribution in [0.3, 0.4) is 0 Å². The second-order valence-electron chi connectivity index (χ2n) is 3.98. The maximum Gasteiger partial charge on any atom is 0.119 e. The zero-order valence-corrected chi connectivity index (χ0v) is 10.2. The number of rotatable bonds is 4. The molecule has 2 rings (SSSR count). The van der Waals surface area contributed by atoms with Crippen LogP contribution in [0.1, 0.15) is 18.1 Å². The molecule has 92 valence electrons. The Hall–Kier alpha value is -2.29. The fourth-order valence-corrected chi connectivity index (χ4v) is 1.59. The number of nitrogens with zero attached hydrogens (tertiary/aromatic N) is 1. The highest BCUT2D eigenvalue weighted by Gasteiger charge is 1.99. The van der Waals surface area contributed by atoms with Crippen molar-refractivity contribution in [2.75, 3.05) is 0 Å². The minimum absolute atomic E-state index is 0.549. The number of oxime groups is 1. The van der Waals surface area contributed by atoms with Crippen LogP contribution in [-0.2, 0) is 6.61 Å². The van der Waals surface area contributed by atoms with Gasteiger partial charge in [-0.05, 0) is 42.3 Å². The molecule has 2 aromatic rings. The van der Waals surface area contributed by atoms with Crippen LogP contribution < -0.4 is 4.74 Å². The first-order chi connectivity index (χ1) is 8.79. The molecule has 0 aliphatic rings. The Morgan fingerprint density at radius 3 is 2.33 bits per heavy atom. The van der Waals surface area contributed by atoms with Crippen molar-refractivity contribution >= 4 is 5.71 Å². The molecule has 2 aromatic carbocycles. The Balaban J connectivity index is 1.99. The van der Waals surface area contributed by atoms with Crippen molar-refractivity contribution in [2.45, 2.75) is 13.5 Å². The van der Waals surface area contributed by atoms with Gasteiger partial charge in [-0.3, -0.25) is 0 Å². The van der Waals surface area contributed by atoms with Gasteiger partial charge in [-0.1, -0.05) is 35.5 Å². The lowest BCUT2D eigenvalue weighted by Gasteiger charge is -2.07. The molecule has 0 bridgehead atoms. The Morgan fingerprint density at radius 2 is 1.72 bits per heavy atom. The Labute approximate surface area is 106 Å². The third-order valence-corrected chi connectivity index (χ3v) is 2.67. The first-order valence-corrected chi connectivity index (χ1v) is 5.75. The lowest BCUT2D eigenvalue weighted by molar-refractivity contribution is 0.306. The minimum atomic E-state index is 0.549. The molecule has 0 spiro atoms. The predicted molar refractivity (Wildman–Crippen MR) is 71.2 cm³/mol. The predicted octanol–water partition coefficient (Wildman–Crippen LogP) is 3.46. The molecule has 1 N–H and O–H groups in total. The molecule has 0 unspecified atom stereocenters. The van der Waals surface area contributed by atoms with Crippen molar-refractivity contribution in [2.24, 2.45) is 5.16 Å². The summed E-state index contributed by atoms with van der Waals surface area (Å²) >= 11 is 0. The average molecular weight is 241 g/mol. The first kappa shape index (κ1) is 12.2. The number of hydrogen-bond donors (Lipinski definition) is 1. The van der Waals surface area contributed by atoms with Gasteiger partial charge in [-0.15, -0.1) is 0 Å². The summed E-state index contributed by atoms with van der Waals surface area (Å²) in [6.07, 6.45) is 0. The van der Waals surface area contributed by atoms with Crippen molar-refractivity contribution in [1.29, 1.82) is 0 Å². The van der Waals surface area contributed by atoms with Crippen molar-refractivity contribution in [3.8, 4) is 5.75 Å². The van der Waals surface area contributed by atoms with Crippen molar-refractivity contribution < 1.29 is 9.94 Å². The number of hydrogen-bond acceptors (Lipinski definition) is 3. The van der Waals surface area contributed by atoms with Crippen LogP contribution in [0.2, 0.25) is 0 Å². The smallest absolute Gasteiger partial charge is 0.119 e. The molecule has 0 aliphatic heterocycles. The fraction of sp³-hybridized carbons (Fsp3) is 0.133. The molecule has 0 radical (unpaired) electrons. The van der Waals surface area contributed by atoms with E-state index in [0.717, 1.165) is 16.9 Å². The summed E-state index contributed by atoms with van der Waals surface area (Å²) in [7, 11) is 0. The molecule has 0 amide bonds. The van der Waals surface area contributed by atoms with E-state index in [4.69, 9.17) is 9.94 Å². The van der Waals surface area contributed by atoms with Crippen LogP contribution in [0.15, 0.2) is 59.8 Å². The summed E-state index contributed by atoms with van der Waals surface area (Å²) in [6.45, 7) is 2.30. The molecule has 0 fully saturated rings. The van der Waals surface area contributed by atoms with E-state index in [1.54, 1.807) is 6.92 Å². The highest BCUT2D eigenvalue weighted by Crippen LogP contribution is 2.14. The van der Waals surface area contributed by atoms with Gasteiger partial charge in [0.05, 0.1) is 5.71 Å². The number of benzene rings is 2.